The highest BCUT2D eigenvalue weighted by Gasteiger charge is 2.20. The molecule has 4 rings (SSSR count). The number of halogens is 3. The van der Waals surface area contributed by atoms with E-state index in [4.69, 9.17) is 0 Å². The number of pyridine rings is 1. The van der Waals surface area contributed by atoms with Crippen LogP contribution in [0.3, 0.4) is 0 Å². The molecule has 10 heteroatoms. The minimum Gasteiger partial charge on any atom is -0.273 e. The third-order valence-electron chi connectivity index (χ3n) is 4.59. The van der Waals surface area contributed by atoms with Gasteiger partial charge in [0.15, 0.2) is 5.65 Å². The van der Waals surface area contributed by atoms with Crippen molar-refractivity contribution in [2.75, 3.05) is 11.0 Å². The molecule has 0 saturated carbocycles. The number of rotatable bonds is 4. The van der Waals surface area contributed by atoms with E-state index < -0.39 is 39.7 Å². The maximum atomic E-state index is 14.5. The van der Waals surface area contributed by atoms with E-state index >= 15 is 0 Å². The van der Waals surface area contributed by atoms with Crippen LogP contribution in [-0.2, 0) is 11.0 Å². The molecule has 2 heterocycles. The van der Waals surface area contributed by atoms with Gasteiger partial charge < -0.3 is 0 Å². The Morgan fingerprint density at radius 2 is 1.71 bits per heavy atom. The number of benzene rings is 2. The van der Waals surface area contributed by atoms with Crippen LogP contribution in [0.2, 0.25) is 0 Å². The van der Waals surface area contributed by atoms with Gasteiger partial charge in [-0.05, 0) is 48.9 Å². The summed E-state index contributed by atoms with van der Waals surface area (Å²) >= 11 is 0. The summed E-state index contributed by atoms with van der Waals surface area (Å²) in [5.74, 6) is -2.48. The van der Waals surface area contributed by atoms with E-state index in [2.05, 4.69) is 14.7 Å². The minimum absolute atomic E-state index is 0.0989. The highest BCUT2D eigenvalue weighted by Crippen LogP contribution is 2.31. The number of hydrogen-bond acceptors (Lipinski definition) is 4. The first-order valence-corrected chi connectivity index (χ1v) is 10.6. The van der Waals surface area contributed by atoms with E-state index in [1.807, 2.05) is 0 Å². The number of para-hydroxylation sites is 1. The SMILES string of the molecule is Cc1cc(F)ccc1-c1nc(NS(C)=O)nc2c1ccc(=O)n2-c1c(F)cccc1F. The van der Waals surface area contributed by atoms with Gasteiger partial charge in [0.25, 0.3) is 5.56 Å². The largest absolute Gasteiger partial charge is 0.273 e. The summed E-state index contributed by atoms with van der Waals surface area (Å²) in [4.78, 5) is 21.2. The molecule has 0 saturated heterocycles. The third-order valence-corrected chi connectivity index (χ3v) is 5.06. The lowest BCUT2D eigenvalue weighted by Gasteiger charge is -2.15. The molecule has 1 N–H and O–H groups in total. The average Bonchev–Trinajstić information content (AvgIpc) is 2.68. The van der Waals surface area contributed by atoms with Crippen LogP contribution < -0.4 is 10.3 Å². The Morgan fingerprint density at radius 3 is 2.35 bits per heavy atom. The zero-order valence-corrected chi connectivity index (χ0v) is 17.1. The van der Waals surface area contributed by atoms with Crippen molar-refractivity contribution in [3.63, 3.8) is 0 Å². The Labute approximate surface area is 177 Å². The van der Waals surface area contributed by atoms with E-state index in [1.54, 1.807) is 6.92 Å². The predicted molar refractivity (Wildman–Crippen MR) is 113 cm³/mol. The molecule has 0 amide bonds. The number of aromatic nitrogens is 3. The maximum Gasteiger partial charge on any atom is 0.256 e. The van der Waals surface area contributed by atoms with Crippen LogP contribution in [0.15, 0.2) is 53.3 Å². The third kappa shape index (κ3) is 3.81. The summed E-state index contributed by atoms with van der Waals surface area (Å²) < 4.78 is 57.8. The van der Waals surface area contributed by atoms with Crippen molar-refractivity contribution in [1.82, 2.24) is 14.5 Å². The van der Waals surface area contributed by atoms with Crippen LogP contribution >= 0.6 is 0 Å². The molecule has 1 atom stereocenters. The summed E-state index contributed by atoms with van der Waals surface area (Å²) in [5.41, 5.74) is -0.0850. The Balaban J connectivity index is 2.15. The van der Waals surface area contributed by atoms with E-state index in [9.17, 15) is 22.2 Å². The number of nitrogens with one attached hydrogen (secondary N) is 1. The molecular formula is C21H15F3N4O2S. The Hall–Kier alpha value is -3.53. The fourth-order valence-electron chi connectivity index (χ4n) is 3.31. The molecule has 0 fully saturated rings. The maximum absolute atomic E-state index is 14.5. The van der Waals surface area contributed by atoms with Gasteiger partial charge in [-0.1, -0.05) is 6.07 Å². The average molecular weight is 444 g/mol. The van der Waals surface area contributed by atoms with Crippen molar-refractivity contribution < 1.29 is 17.4 Å². The standard InChI is InChI=1S/C21H15F3N4O2S/c1-11-10-12(22)6-7-13(11)18-14-8-9-17(29)28(19-15(23)4-3-5-16(19)24)20(14)26-21(25-18)27-31(2)30/h3-10H,1-2H3,(H,25,26,27). The number of anilines is 1. The fraction of sp³-hybridized carbons (Fsp3) is 0.0952. The van der Waals surface area contributed by atoms with E-state index in [0.29, 0.717) is 16.5 Å². The fourth-order valence-corrected chi connectivity index (χ4v) is 3.65. The van der Waals surface area contributed by atoms with Gasteiger partial charge in [0.2, 0.25) is 5.95 Å². The van der Waals surface area contributed by atoms with E-state index in [-0.39, 0.29) is 17.3 Å². The Bertz CT molecular complexity index is 1400. The second-order valence-corrected chi connectivity index (χ2v) is 7.84. The molecule has 0 bridgehead atoms. The van der Waals surface area contributed by atoms with Gasteiger partial charge in [-0.15, -0.1) is 0 Å². The lowest BCUT2D eigenvalue weighted by Crippen LogP contribution is -2.21. The predicted octanol–water partition coefficient (Wildman–Crippen LogP) is 3.88. The normalized spacial score (nSPS) is 12.2. The Kier molecular flexibility index (Phi) is 5.32. The van der Waals surface area contributed by atoms with Gasteiger partial charge in [0.05, 0.1) is 5.69 Å². The molecule has 0 aliphatic carbocycles. The smallest absolute Gasteiger partial charge is 0.256 e. The van der Waals surface area contributed by atoms with Crippen LogP contribution in [-0.4, -0.2) is 25.0 Å². The molecule has 0 aliphatic rings. The molecule has 0 spiro atoms. The number of aryl methyl sites for hydroxylation is 1. The van der Waals surface area contributed by atoms with Crippen molar-refractivity contribution in [3.05, 3.63) is 81.9 Å². The molecular weight excluding hydrogens is 429 g/mol. The van der Waals surface area contributed by atoms with Crippen LogP contribution in [0.1, 0.15) is 5.56 Å². The van der Waals surface area contributed by atoms with Crippen LogP contribution in [0.4, 0.5) is 19.1 Å². The van der Waals surface area contributed by atoms with Gasteiger partial charge in [-0.25, -0.2) is 22.4 Å². The second kappa shape index (κ2) is 7.95. The van der Waals surface area contributed by atoms with Crippen molar-refractivity contribution in [2.24, 2.45) is 0 Å². The quantitative estimate of drug-likeness (QED) is 0.518. The molecule has 1 unspecified atom stereocenters. The number of fused-ring (bicyclic) bond motifs is 1. The van der Waals surface area contributed by atoms with Crippen molar-refractivity contribution >= 4 is 28.0 Å². The van der Waals surface area contributed by atoms with Gasteiger partial charge in [-0.2, -0.15) is 4.98 Å². The molecule has 4 aromatic rings. The zero-order chi connectivity index (χ0) is 22.3. The minimum atomic E-state index is -1.57. The number of nitrogens with zero attached hydrogens (tertiary/aromatic N) is 3. The monoisotopic (exact) mass is 444 g/mol. The molecule has 0 aliphatic heterocycles. The first-order valence-electron chi connectivity index (χ1n) is 9.01. The second-order valence-electron chi connectivity index (χ2n) is 6.73. The van der Waals surface area contributed by atoms with Gasteiger partial charge in [-0.3, -0.25) is 14.1 Å². The summed E-state index contributed by atoms with van der Waals surface area (Å²) in [7, 11) is -1.57. The van der Waals surface area contributed by atoms with Crippen molar-refractivity contribution in [3.8, 4) is 16.9 Å². The Morgan fingerprint density at radius 1 is 1.00 bits per heavy atom. The highest BCUT2D eigenvalue weighted by atomic mass is 32.2. The lowest BCUT2D eigenvalue weighted by atomic mass is 10.0. The number of hydrogen-bond donors (Lipinski definition) is 1. The summed E-state index contributed by atoms with van der Waals surface area (Å²) in [5, 5.41) is 0.296. The summed E-state index contributed by atoms with van der Waals surface area (Å²) in [6, 6.07) is 9.85. The summed E-state index contributed by atoms with van der Waals surface area (Å²) in [6.07, 6.45) is 1.35. The van der Waals surface area contributed by atoms with Gasteiger partial charge >= 0.3 is 0 Å². The molecule has 6 nitrogen and oxygen atoms in total. The molecule has 0 radical (unpaired) electrons. The first kappa shape index (κ1) is 20.7. The van der Waals surface area contributed by atoms with E-state index in [1.165, 1.54) is 36.6 Å². The summed E-state index contributed by atoms with van der Waals surface area (Å²) in [6.45, 7) is 1.67. The van der Waals surface area contributed by atoms with Crippen molar-refractivity contribution in [2.45, 2.75) is 6.92 Å². The molecule has 2 aromatic carbocycles. The van der Waals surface area contributed by atoms with Crippen LogP contribution in [0, 0.1) is 24.4 Å². The van der Waals surface area contributed by atoms with Gasteiger partial charge in [0, 0.05) is 23.3 Å². The van der Waals surface area contributed by atoms with Crippen LogP contribution in [0.25, 0.3) is 28.0 Å². The van der Waals surface area contributed by atoms with Crippen molar-refractivity contribution in [1.29, 1.82) is 0 Å². The van der Waals surface area contributed by atoms with E-state index in [0.717, 1.165) is 22.8 Å². The molecule has 2 aromatic heterocycles. The lowest BCUT2D eigenvalue weighted by molar-refractivity contribution is 0.568. The first-order chi connectivity index (χ1) is 14.8. The zero-order valence-electron chi connectivity index (χ0n) is 16.3. The van der Waals surface area contributed by atoms with Crippen LogP contribution in [0.5, 0.6) is 0 Å². The van der Waals surface area contributed by atoms with Gasteiger partial charge in [0.1, 0.15) is 34.1 Å². The topological polar surface area (TPSA) is 76.9 Å². The molecule has 158 valence electrons. The molecule has 31 heavy (non-hydrogen) atoms. The highest BCUT2D eigenvalue weighted by molar-refractivity contribution is 7.85.